The maximum Gasteiger partial charge on any atom is 0.387 e. The Labute approximate surface area is 216 Å². The minimum Gasteiger partial charge on any atom is -0.433 e. The van der Waals surface area contributed by atoms with Gasteiger partial charge >= 0.3 is 6.61 Å². The SMILES string of the molecule is O=c1c(Cl)c(NC[C@H]2COCCS2(=O)=O)cnn1C1CCN(S(=O)(=O)c2ccc(OC(F)F)cn2)CC1. The van der Waals surface area contributed by atoms with Crippen LogP contribution in [0.1, 0.15) is 18.9 Å². The lowest BCUT2D eigenvalue weighted by Gasteiger charge is -2.31. The van der Waals surface area contributed by atoms with Crippen LogP contribution in [-0.2, 0) is 24.6 Å². The number of rotatable bonds is 8. The van der Waals surface area contributed by atoms with Crippen LogP contribution in [0, 0.1) is 0 Å². The Morgan fingerprint density at radius 1 is 1.24 bits per heavy atom. The van der Waals surface area contributed by atoms with Gasteiger partial charge in [-0.2, -0.15) is 18.2 Å². The molecule has 17 heteroatoms. The van der Waals surface area contributed by atoms with Crippen molar-refractivity contribution in [2.24, 2.45) is 0 Å². The Morgan fingerprint density at radius 2 is 1.97 bits per heavy atom. The van der Waals surface area contributed by atoms with E-state index in [1.807, 2.05) is 0 Å². The number of piperidine rings is 1. The fourth-order valence-electron chi connectivity index (χ4n) is 4.05. The average molecular weight is 584 g/mol. The molecule has 4 heterocycles. The molecule has 0 bridgehead atoms. The summed E-state index contributed by atoms with van der Waals surface area (Å²) in [5.41, 5.74) is -0.402. The average Bonchev–Trinajstić information content (AvgIpc) is 2.85. The molecule has 12 nitrogen and oxygen atoms in total. The minimum atomic E-state index is -3.99. The van der Waals surface area contributed by atoms with Crippen LogP contribution in [0.25, 0.3) is 0 Å². The molecule has 2 saturated heterocycles. The summed E-state index contributed by atoms with van der Waals surface area (Å²) in [6, 6.07) is 1.75. The number of aromatic nitrogens is 3. The maximum absolute atomic E-state index is 12.9. The van der Waals surface area contributed by atoms with Gasteiger partial charge in [-0.3, -0.25) is 4.79 Å². The third-order valence-electron chi connectivity index (χ3n) is 6.10. The number of hydrogen-bond donors (Lipinski definition) is 1. The van der Waals surface area contributed by atoms with Crippen LogP contribution >= 0.6 is 11.6 Å². The van der Waals surface area contributed by atoms with Gasteiger partial charge in [-0.1, -0.05) is 11.6 Å². The lowest BCUT2D eigenvalue weighted by atomic mass is 10.1. The lowest BCUT2D eigenvalue weighted by molar-refractivity contribution is -0.0501. The summed E-state index contributed by atoms with van der Waals surface area (Å²) < 4.78 is 86.4. The van der Waals surface area contributed by atoms with E-state index in [1.165, 1.54) is 15.2 Å². The first-order chi connectivity index (χ1) is 17.5. The van der Waals surface area contributed by atoms with E-state index < -0.39 is 43.3 Å². The van der Waals surface area contributed by atoms with Crippen molar-refractivity contribution in [3.05, 3.63) is 39.9 Å². The lowest BCUT2D eigenvalue weighted by Crippen LogP contribution is -2.42. The highest BCUT2D eigenvalue weighted by Crippen LogP contribution is 2.27. The van der Waals surface area contributed by atoms with E-state index in [0.717, 1.165) is 18.3 Å². The van der Waals surface area contributed by atoms with Crippen molar-refractivity contribution in [2.75, 3.05) is 43.9 Å². The van der Waals surface area contributed by atoms with Crippen molar-refractivity contribution in [1.82, 2.24) is 19.1 Å². The maximum atomic E-state index is 12.9. The van der Waals surface area contributed by atoms with Crippen molar-refractivity contribution in [3.63, 3.8) is 0 Å². The highest BCUT2D eigenvalue weighted by Gasteiger charge is 2.33. The van der Waals surface area contributed by atoms with Gasteiger partial charge in [0.1, 0.15) is 16.0 Å². The number of nitrogens with one attached hydrogen (secondary N) is 1. The number of halogens is 3. The minimum absolute atomic E-state index is 0.00666. The molecule has 1 atom stereocenters. The molecule has 4 rings (SSSR count). The van der Waals surface area contributed by atoms with Gasteiger partial charge in [-0.05, 0) is 25.0 Å². The van der Waals surface area contributed by atoms with Gasteiger partial charge in [-0.15, -0.1) is 0 Å². The van der Waals surface area contributed by atoms with Crippen molar-refractivity contribution >= 4 is 37.1 Å². The van der Waals surface area contributed by atoms with Crippen LogP contribution in [0.3, 0.4) is 0 Å². The van der Waals surface area contributed by atoms with Gasteiger partial charge in [0.15, 0.2) is 14.9 Å². The second kappa shape index (κ2) is 11.1. The molecule has 2 aliphatic rings. The van der Waals surface area contributed by atoms with Crippen molar-refractivity contribution < 1.29 is 35.1 Å². The third-order valence-corrected chi connectivity index (χ3v) is 10.3. The number of ether oxygens (including phenoxy) is 2. The Balaban J connectivity index is 1.39. The van der Waals surface area contributed by atoms with Crippen molar-refractivity contribution in [3.8, 4) is 5.75 Å². The largest absolute Gasteiger partial charge is 0.433 e. The first-order valence-electron chi connectivity index (χ1n) is 11.2. The van der Waals surface area contributed by atoms with Crippen LogP contribution in [0.4, 0.5) is 14.5 Å². The first-order valence-corrected chi connectivity index (χ1v) is 14.7. The number of hydrogen-bond acceptors (Lipinski definition) is 10. The molecule has 0 aliphatic carbocycles. The smallest absolute Gasteiger partial charge is 0.387 e. The number of sulfone groups is 1. The molecule has 204 valence electrons. The highest BCUT2D eigenvalue weighted by molar-refractivity contribution is 7.92. The Hall–Kier alpha value is -2.40. The zero-order chi connectivity index (χ0) is 26.8. The van der Waals surface area contributed by atoms with E-state index in [4.69, 9.17) is 16.3 Å². The molecule has 0 radical (unpaired) electrons. The molecule has 2 aliphatic heterocycles. The molecule has 2 aromatic rings. The van der Waals surface area contributed by atoms with Gasteiger partial charge in [0, 0.05) is 19.6 Å². The Morgan fingerprint density at radius 3 is 2.59 bits per heavy atom. The zero-order valence-corrected chi connectivity index (χ0v) is 21.7. The molecule has 0 saturated carbocycles. The van der Waals surface area contributed by atoms with Crippen LogP contribution < -0.4 is 15.6 Å². The summed E-state index contributed by atoms with van der Waals surface area (Å²) in [6.07, 6.45) is 2.76. The van der Waals surface area contributed by atoms with E-state index >= 15 is 0 Å². The van der Waals surface area contributed by atoms with E-state index in [1.54, 1.807) is 0 Å². The Bertz CT molecular complexity index is 1380. The summed E-state index contributed by atoms with van der Waals surface area (Å²) in [7, 11) is -7.30. The summed E-state index contributed by atoms with van der Waals surface area (Å²) in [5.74, 6) is -0.336. The fraction of sp³-hybridized carbons (Fsp3) is 0.550. The van der Waals surface area contributed by atoms with Crippen LogP contribution in [-0.4, -0.2) is 86.4 Å². The van der Waals surface area contributed by atoms with Gasteiger partial charge in [-0.25, -0.2) is 26.5 Å². The van der Waals surface area contributed by atoms with E-state index in [0.29, 0.717) is 0 Å². The third kappa shape index (κ3) is 6.19. The fourth-order valence-corrected chi connectivity index (χ4v) is 6.96. The normalized spacial score (nSPS) is 21.1. The van der Waals surface area contributed by atoms with Gasteiger partial charge in [0.05, 0.1) is 43.1 Å². The van der Waals surface area contributed by atoms with Crippen LogP contribution in [0.5, 0.6) is 5.75 Å². The second-order valence-electron chi connectivity index (χ2n) is 8.41. The van der Waals surface area contributed by atoms with Crippen molar-refractivity contribution in [1.29, 1.82) is 0 Å². The quantitative estimate of drug-likeness (QED) is 0.479. The van der Waals surface area contributed by atoms with Crippen LogP contribution in [0.15, 0.2) is 34.3 Å². The molecule has 37 heavy (non-hydrogen) atoms. The number of anilines is 1. The topological polar surface area (TPSA) is 150 Å². The molecular weight excluding hydrogens is 560 g/mol. The summed E-state index contributed by atoms with van der Waals surface area (Å²) >= 11 is 6.24. The van der Waals surface area contributed by atoms with Gasteiger partial charge in [0.25, 0.3) is 15.6 Å². The predicted molar refractivity (Wildman–Crippen MR) is 128 cm³/mol. The molecule has 2 fully saturated rings. The van der Waals surface area contributed by atoms with E-state index in [9.17, 15) is 30.4 Å². The number of sulfonamides is 1. The zero-order valence-electron chi connectivity index (χ0n) is 19.3. The van der Waals surface area contributed by atoms with Crippen LogP contribution in [0.2, 0.25) is 5.02 Å². The van der Waals surface area contributed by atoms with Crippen molar-refractivity contribution in [2.45, 2.75) is 35.8 Å². The number of pyridine rings is 1. The highest BCUT2D eigenvalue weighted by atomic mass is 35.5. The number of alkyl halides is 2. The molecule has 0 aromatic carbocycles. The van der Waals surface area contributed by atoms with Gasteiger partial charge in [0.2, 0.25) is 0 Å². The van der Waals surface area contributed by atoms with Gasteiger partial charge < -0.3 is 14.8 Å². The molecule has 0 spiro atoms. The molecule has 0 amide bonds. The molecule has 1 N–H and O–H groups in total. The summed E-state index contributed by atoms with van der Waals surface area (Å²) in [4.78, 5) is 16.6. The van der Waals surface area contributed by atoms with E-state index in [2.05, 4.69) is 20.1 Å². The molecular formula is C20H24ClF2N5O7S2. The standard InChI is InChI=1S/C20H24ClF2N5O7S2/c21-18-16(24-10-15-12-34-7-8-36(15,30)31)11-26-28(19(18)29)13-3-5-27(6-4-13)37(32,33)17-2-1-14(9-25-17)35-20(22)23/h1-2,9,11,13,15,20,24H,3-8,10,12H2/t15-/m0/s1. The molecule has 0 unspecified atom stereocenters. The predicted octanol–water partition coefficient (Wildman–Crippen LogP) is 1.14. The molecule has 2 aromatic heterocycles. The number of nitrogens with zero attached hydrogens (tertiary/aromatic N) is 4. The first kappa shape index (κ1) is 27.6. The summed E-state index contributed by atoms with van der Waals surface area (Å²) in [6.45, 7) is -2.73. The van der Waals surface area contributed by atoms with E-state index in [-0.39, 0.29) is 72.9 Å². The second-order valence-corrected chi connectivity index (χ2v) is 13.1. The monoisotopic (exact) mass is 583 g/mol. The summed E-state index contributed by atoms with van der Waals surface area (Å²) in [5, 5.41) is 5.78. The Kier molecular flexibility index (Phi) is 8.32.